The van der Waals surface area contributed by atoms with Gasteiger partial charge in [0, 0.05) is 43.4 Å². The third kappa shape index (κ3) is 4.40. The zero-order valence-electron chi connectivity index (χ0n) is 17.4. The van der Waals surface area contributed by atoms with Gasteiger partial charge in [-0.3, -0.25) is 14.2 Å². The SMILES string of the molecule is COCCCn1c(SCC(=O)N2CCC(C)CC2)nc2c(sc3ccccc32)c1=O. The van der Waals surface area contributed by atoms with Gasteiger partial charge < -0.3 is 9.64 Å². The summed E-state index contributed by atoms with van der Waals surface area (Å²) in [5, 5.41) is 1.61. The molecule has 0 aliphatic carbocycles. The predicted octanol–water partition coefficient (Wildman–Crippen LogP) is 4.00. The molecule has 160 valence electrons. The Morgan fingerprint density at radius 2 is 2.07 bits per heavy atom. The Bertz CT molecular complexity index is 1100. The van der Waals surface area contributed by atoms with Crippen LogP contribution in [0.4, 0.5) is 0 Å². The van der Waals surface area contributed by atoms with E-state index in [0.717, 1.165) is 48.0 Å². The van der Waals surface area contributed by atoms with E-state index in [1.54, 1.807) is 11.7 Å². The number of thioether (sulfide) groups is 1. The van der Waals surface area contributed by atoms with Crippen molar-refractivity contribution in [2.24, 2.45) is 5.92 Å². The third-order valence-electron chi connectivity index (χ3n) is 5.64. The fourth-order valence-electron chi connectivity index (χ4n) is 3.80. The molecule has 1 fully saturated rings. The number of methoxy groups -OCH3 is 1. The number of fused-ring (bicyclic) bond motifs is 3. The fraction of sp³-hybridized carbons (Fsp3) is 0.500. The second kappa shape index (κ2) is 9.49. The molecule has 30 heavy (non-hydrogen) atoms. The summed E-state index contributed by atoms with van der Waals surface area (Å²) < 4.78 is 8.61. The number of carbonyl (C=O) groups is 1. The van der Waals surface area contributed by atoms with Crippen LogP contribution in [0.25, 0.3) is 20.3 Å². The van der Waals surface area contributed by atoms with Crippen molar-refractivity contribution in [2.45, 2.75) is 37.9 Å². The maximum absolute atomic E-state index is 13.3. The molecule has 1 aliphatic rings. The number of likely N-dealkylation sites (tertiary alicyclic amines) is 1. The van der Waals surface area contributed by atoms with Crippen molar-refractivity contribution in [3.05, 3.63) is 34.6 Å². The molecule has 1 aromatic carbocycles. The van der Waals surface area contributed by atoms with Crippen LogP contribution < -0.4 is 5.56 Å². The van der Waals surface area contributed by atoms with Gasteiger partial charge in [-0.2, -0.15) is 0 Å². The van der Waals surface area contributed by atoms with Gasteiger partial charge in [-0.1, -0.05) is 36.9 Å². The van der Waals surface area contributed by atoms with E-state index < -0.39 is 0 Å². The molecular formula is C22H27N3O3S2. The molecule has 8 heteroatoms. The lowest BCUT2D eigenvalue weighted by molar-refractivity contribution is -0.129. The number of carbonyl (C=O) groups excluding carboxylic acids is 1. The Kier molecular flexibility index (Phi) is 6.75. The highest BCUT2D eigenvalue weighted by Crippen LogP contribution is 2.32. The van der Waals surface area contributed by atoms with E-state index in [1.807, 2.05) is 29.2 Å². The molecule has 0 atom stereocenters. The van der Waals surface area contributed by atoms with Crippen LogP contribution in [0.15, 0.2) is 34.2 Å². The van der Waals surface area contributed by atoms with E-state index in [9.17, 15) is 9.59 Å². The molecule has 3 aromatic rings. The first kappa shape index (κ1) is 21.3. The minimum atomic E-state index is -0.0287. The number of hydrogen-bond acceptors (Lipinski definition) is 6. The number of piperidine rings is 1. The first-order valence-corrected chi connectivity index (χ1v) is 12.2. The van der Waals surface area contributed by atoms with Crippen molar-refractivity contribution in [1.82, 2.24) is 14.5 Å². The van der Waals surface area contributed by atoms with Crippen molar-refractivity contribution < 1.29 is 9.53 Å². The summed E-state index contributed by atoms with van der Waals surface area (Å²) >= 11 is 2.86. The van der Waals surface area contributed by atoms with E-state index in [0.29, 0.717) is 34.7 Å². The third-order valence-corrected chi connectivity index (χ3v) is 7.75. The van der Waals surface area contributed by atoms with E-state index in [-0.39, 0.29) is 11.5 Å². The second-order valence-electron chi connectivity index (χ2n) is 7.83. The van der Waals surface area contributed by atoms with Crippen LogP contribution in [0, 0.1) is 5.92 Å². The molecule has 0 unspecified atom stereocenters. The van der Waals surface area contributed by atoms with E-state index in [1.165, 1.54) is 23.1 Å². The smallest absolute Gasteiger partial charge is 0.272 e. The summed E-state index contributed by atoms with van der Waals surface area (Å²) in [5.41, 5.74) is 0.712. The van der Waals surface area contributed by atoms with Gasteiger partial charge in [-0.15, -0.1) is 11.3 Å². The topological polar surface area (TPSA) is 64.4 Å². The molecule has 0 saturated carbocycles. The van der Waals surface area contributed by atoms with Gasteiger partial charge in [0.25, 0.3) is 5.56 Å². The number of aromatic nitrogens is 2. The minimum Gasteiger partial charge on any atom is -0.385 e. The zero-order chi connectivity index (χ0) is 21.1. The van der Waals surface area contributed by atoms with Crippen molar-refractivity contribution in [1.29, 1.82) is 0 Å². The Morgan fingerprint density at radius 3 is 2.83 bits per heavy atom. The Hall–Kier alpha value is -1.90. The molecule has 4 rings (SSSR count). The summed E-state index contributed by atoms with van der Waals surface area (Å²) in [5.74, 6) is 1.11. The first-order chi connectivity index (χ1) is 14.6. The number of benzene rings is 1. The highest BCUT2D eigenvalue weighted by Gasteiger charge is 2.22. The number of ether oxygens (including phenoxy) is 1. The summed E-state index contributed by atoms with van der Waals surface area (Å²) in [6.45, 7) is 4.98. The summed E-state index contributed by atoms with van der Waals surface area (Å²) in [6, 6.07) is 7.96. The summed E-state index contributed by atoms with van der Waals surface area (Å²) in [6.07, 6.45) is 2.84. The zero-order valence-corrected chi connectivity index (χ0v) is 19.1. The van der Waals surface area contributed by atoms with Crippen molar-refractivity contribution in [2.75, 3.05) is 32.6 Å². The lowest BCUT2D eigenvalue weighted by Gasteiger charge is -2.30. The van der Waals surface area contributed by atoms with Gasteiger partial charge in [0.05, 0.1) is 11.3 Å². The van der Waals surface area contributed by atoms with Crippen LogP contribution in [0.5, 0.6) is 0 Å². The van der Waals surface area contributed by atoms with Crippen molar-refractivity contribution in [3.63, 3.8) is 0 Å². The molecule has 2 aromatic heterocycles. The van der Waals surface area contributed by atoms with Crippen LogP contribution in [0.3, 0.4) is 0 Å². The van der Waals surface area contributed by atoms with Crippen LogP contribution in [0.1, 0.15) is 26.2 Å². The number of rotatable bonds is 7. The quantitative estimate of drug-likeness (QED) is 0.312. The first-order valence-electron chi connectivity index (χ1n) is 10.4. The highest BCUT2D eigenvalue weighted by molar-refractivity contribution is 7.99. The summed E-state index contributed by atoms with van der Waals surface area (Å²) in [4.78, 5) is 32.8. The summed E-state index contributed by atoms with van der Waals surface area (Å²) in [7, 11) is 1.66. The van der Waals surface area contributed by atoms with Crippen LogP contribution in [0.2, 0.25) is 0 Å². The van der Waals surface area contributed by atoms with Gasteiger partial charge in [0.15, 0.2) is 5.16 Å². The van der Waals surface area contributed by atoms with E-state index in [2.05, 4.69) is 6.92 Å². The van der Waals surface area contributed by atoms with Crippen LogP contribution >= 0.6 is 23.1 Å². The number of amides is 1. The van der Waals surface area contributed by atoms with Gasteiger partial charge in [-0.25, -0.2) is 4.98 Å². The number of thiophene rings is 1. The van der Waals surface area contributed by atoms with Gasteiger partial charge >= 0.3 is 0 Å². The molecule has 0 N–H and O–H groups in total. The van der Waals surface area contributed by atoms with Crippen LogP contribution in [-0.4, -0.2) is 52.9 Å². The van der Waals surface area contributed by atoms with Crippen molar-refractivity contribution in [3.8, 4) is 0 Å². The minimum absolute atomic E-state index is 0.0287. The predicted molar refractivity (Wildman–Crippen MR) is 124 cm³/mol. The molecular weight excluding hydrogens is 418 g/mol. The Balaban J connectivity index is 1.63. The number of hydrogen-bond donors (Lipinski definition) is 0. The van der Waals surface area contributed by atoms with Gasteiger partial charge in [0.2, 0.25) is 5.91 Å². The van der Waals surface area contributed by atoms with E-state index in [4.69, 9.17) is 9.72 Å². The maximum Gasteiger partial charge on any atom is 0.272 e. The van der Waals surface area contributed by atoms with Crippen LogP contribution in [-0.2, 0) is 16.1 Å². The largest absolute Gasteiger partial charge is 0.385 e. The average Bonchev–Trinajstić information content (AvgIpc) is 3.13. The standard InChI is InChI=1S/C22H27N3O3S2/c1-15-8-11-24(12-9-15)18(26)14-29-22-23-19-16-6-3-4-7-17(16)30-20(19)21(27)25(22)10-5-13-28-2/h3-4,6-7,15H,5,8-14H2,1-2H3. The average molecular weight is 446 g/mol. The molecule has 1 amide bonds. The molecule has 1 aliphatic heterocycles. The number of nitrogens with zero attached hydrogens (tertiary/aromatic N) is 3. The fourth-order valence-corrected chi connectivity index (χ4v) is 5.82. The lowest BCUT2D eigenvalue weighted by Crippen LogP contribution is -2.39. The highest BCUT2D eigenvalue weighted by atomic mass is 32.2. The van der Waals surface area contributed by atoms with E-state index >= 15 is 0 Å². The van der Waals surface area contributed by atoms with Gasteiger partial charge in [-0.05, 0) is 31.2 Å². The van der Waals surface area contributed by atoms with Gasteiger partial charge in [0.1, 0.15) is 4.70 Å². The molecule has 0 bridgehead atoms. The molecule has 1 saturated heterocycles. The molecule has 3 heterocycles. The lowest BCUT2D eigenvalue weighted by atomic mass is 9.99. The normalized spacial score (nSPS) is 15.3. The maximum atomic E-state index is 13.3. The Labute approximate surface area is 184 Å². The molecule has 0 spiro atoms. The molecule has 0 radical (unpaired) electrons. The molecule has 6 nitrogen and oxygen atoms in total. The second-order valence-corrected chi connectivity index (χ2v) is 9.82. The van der Waals surface area contributed by atoms with Crippen molar-refractivity contribution >= 4 is 49.3 Å². The Morgan fingerprint density at radius 1 is 1.30 bits per heavy atom. The monoisotopic (exact) mass is 445 g/mol.